The summed E-state index contributed by atoms with van der Waals surface area (Å²) < 4.78 is 0. The number of hydrogen-bond donors (Lipinski definition) is 3. The normalized spacial score (nSPS) is 22.3. The Kier molecular flexibility index (Phi) is 3.93. The molecule has 0 spiro atoms. The number of rotatable bonds is 3. The minimum atomic E-state index is -0.350. The summed E-state index contributed by atoms with van der Waals surface area (Å²) in [6.45, 7) is 6.21. The Balaban J connectivity index is 2.37. The minimum Gasteiger partial charge on any atom is -0.389 e. The lowest BCUT2D eigenvalue weighted by atomic mass is 10.0. The van der Waals surface area contributed by atoms with E-state index in [0.717, 1.165) is 12.5 Å². The van der Waals surface area contributed by atoms with Crippen molar-refractivity contribution in [2.75, 3.05) is 33.7 Å². The van der Waals surface area contributed by atoms with Crippen LogP contribution in [-0.2, 0) is 0 Å². The molecule has 0 aliphatic carbocycles. The Morgan fingerprint density at radius 3 is 2.73 bits per heavy atom. The van der Waals surface area contributed by atoms with E-state index in [1.54, 1.807) is 0 Å². The molecule has 88 valence electrons. The number of aliphatic hydroxyl groups excluding tert-OH is 1. The van der Waals surface area contributed by atoms with Crippen LogP contribution in [0.15, 0.2) is 4.99 Å². The lowest BCUT2D eigenvalue weighted by molar-refractivity contribution is 0.178. The first-order valence-electron chi connectivity index (χ1n) is 5.29. The van der Waals surface area contributed by atoms with Gasteiger partial charge in [-0.2, -0.15) is 0 Å². The highest BCUT2D eigenvalue weighted by atomic mass is 16.3. The number of guanidine groups is 1. The summed E-state index contributed by atoms with van der Waals surface area (Å²) in [6.07, 6.45) is -0.350. The summed E-state index contributed by atoms with van der Waals surface area (Å²) in [5.41, 5.74) is 0.0836. The van der Waals surface area contributed by atoms with Crippen molar-refractivity contribution in [3.05, 3.63) is 0 Å². The summed E-state index contributed by atoms with van der Waals surface area (Å²) in [5.74, 6) is 0.787. The zero-order valence-electron chi connectivity index (χ0n) is 10.0. The second kappa shape index (κ2) is 4.81. The molecule has 0 unspecified atom stereocenters. The van der Waals surface area contributed by atoms with Crippen molar-refractivity contribution < 1.29 is 5.11 Å². The Labute approximate surface area is 91.6 Å². The van der Waals surface area contributed by atoms with Crippen LogP contribution in [0.3, 0.4) is 0 Å². The van der Waals surface area contributed by atoms with Crippen molar-refractivity contribution in [3.8, 4) is 0 Å². The maximum absolute atomic E-state index is 9.24. The van der Waals surface area contributed by atoms with Gasteiger partial charge in [0.2, 0.25) is 0 Å². The van der Waals surface area contributed by atoms with Gasteiger partial charge in [-0.25, -0.2) is 0 Å². The lowest BCUT2D eigenvalue weighted by Gasteiger charge is -2.33. The number of hydrogen-bond acceptors (Lipinski definition) is 5. The number of aliphatic imine (C=N–C) groups is 1. The van der Waals surface area contributed by atoms with Gasteiger partial charge in [0.15, 0.2) is 5.96 Å². The quantitative estimate of drug-likeness (QED) is 0.578. The van der Waals surface area contributed by atoms with Crippen molar-refractivity contribution >= 4 is 5.96 Å². The highest BCUT2D eigenvalue weighted by molar-refractivity contribution is 5.80. The van der Waals surface area contributed by atoms with E-state index in [2.05, 4.69) is 48.5 Å². The zero-order valence-corrected chi connectivity index (χ0v) is 10.0. The summed E-state index contributed by atoms with van der Waals surface area (Å²) in [5, 5.41) is 15.5. The van der Waals surface area contributed by atoms with E-state index in [-0.39, 0.29) is 11.6 Å². The summed E-state index contributed by atoms with van der Waals surface area (Å²) in [6, 6.07) is 0. The van der Waals surface area contributed by atoms with Crippen LogP contribution < -0.4 is 10.6 Å². The fourth-order valence-corrected chi connectivity index (χ4v) is 1.11. The Morgan fingerprint density at radius 2 is 2.27 bits per heavy atom. The topological polar surface area (TPSA) is 59.9 Å². The van der Waals surface area contributed by atoms with Gasteiger partial charge >= 0.3 is 0 Å². The first kappa shape index (κ1) is 12.3. The molecule has 1 aliphatic rings. The fraction of sp³-hybridized carbons (Fsp3) is 0.900. The summed E-state index contributed by atoms with van der Waals surface area (Å²) >= 11 is 0. The average molecular weight is 214 g/mol. The minimum absolute atomic E-state index is 0.0836. The van der Waals surface area contributed by atoms with Crippen LogP contribution in [0.4, 0.5) is 0 Å². The molecule has 0 aromatic heterocycles. The smallest absolute Gasteiger partial charge is 0.191 e. The number of likely N-dealkylation sites (N-methyl/N-ethyl adjacent to an activating group) is 1. The number of aliphatic hydroxyl groups is 1. The predicted octanol–water partition coefficient (Wildman–Crippen LogP) is -0.764. The molecular formula is C10H22N4O. The van der Waals surface area contributed by atoms with Gasteiger partial charge in [0.1, 0.15) is 0 Å². The van der Waals surface area contributed by atoms with E-state index >= 15 is 0 Å². The molecule has 0 saturated carbocycles. The molecule has 0 saturated heterocycles. The van der Waals surface area contributed by atoms with Crippen LogP contribution in [-0.4, -0.2) is 61.3 Å². The van der Waals surface area contributed by atoms with Gasteiger partial charge in [0.05, 0.1) is 12.6 Å². The van der Waals surface area contributed by atoms with Gasteiger partial charge in [0.25, 0.3) is 0 Å². The molecule has 0 aromatic carbocycles. The highest BCUT2D eigenvalue weighted by Gasteiger charge is 2.21. The third-order valence-corrected chi connectivity index (χ3v) is 2.86. The molecule has 0 radical (unpaired) electrons. The molecule has 1 rings (SSSR count). The van der Waals surface area contributed by atoms with E-state index in [0.29, 0.717) is 13.1 Å². The van der Waals surface area contributed by atoms with Crippen LogP contribution >= 0.6 is 0 Å². The maximum atomic E-state index is 9.24. The lowest BCUT2D eigenvalue weighted by Crippen LogP contribution is -2.53. The van der Waals surface area contributed by atoms with Crippen molar-refractivity contribution in [1.82, 2.24) is 15.5 Å². The Hall–Kier alpha value is -0.810. The molecule has 0 amide bonds. The first-order chi connectivity index (χ1) is 6.92. The molecule has 5 heteroatoms. The third kappa shape index (κ3) is 3.68. The van der Waals surface area contributed by atoms with E-state index < -0.39 is 0 Å². The van der Waals surface area contributed by atoms with Gasteiger partial charge in [-0.15, -0.1) is 0 Å². The van der Waals surface area contributed by atoms with Crippen LogP contribution in [0.25, 0.3) is 0 Å². The molecule has 3 N–H and O–H groups in total. The molecule has 15 heavy (non-hydrogen) atoms. The van der Waals surface area contributed by atoms with Gasteiger partial charge < -0.3 is 20.6 Å². The zero-order chi connectivity index (χ0) is 11.5. The fourth-order valence-electron chi connectivity index (χ4n) is 1.11. The van der Waals surface area contributed by atoms with Gasteiger partial charge in [-0.05, 0) is 27.9 Å². The van der Waals surface area contributed by atoms with Crippen LogP contribution in [0.1, 0.15) is 13.8 Å². The second-order valence-corrected chi connectivity index (χ2v) is 4.78. The molecule has 1 atom stereocenters. The third-order valence-electron chi connectivity index (χ3n) is 2.86. The van der Waals surface area contributed by atoms with Crippen molar-refractivity contribution in [3.63, 3.8) is 0 Å². The van der Waals surface area contributed by atoms with Crippen molar-refractivity contribution in [2.24, 2.45) is 4.99 Å². The predicted molar refractivity (Wildman–Crippen MR) is 62.1 cm³/mol. The summed E-state index contributed by atoms with van der Waals surface area (Å²) in [7, 11) is 4.11. The van der Waals surface area contributed by atoms with E-state index in [9.17, 15) is 5.11 Å². The standard InChI is InChI=1S/C10H22N4O/c1-10(2,14(3)4)7-13-9-11-5-8(15)6-12-9/h8,15H,5-7H2,1-4H3,(H2,11,12,13). The monoisotopic (exact) mass is 214 g/mol. The molecule has 0 fully saturated rings. The van der Waals surface area contributed by atoms with Crippen molar-refractivity contribution in [2.45, 2.75) is 25.5 Å². The molecule has 5 nitrogen and oxygen atoms in total. The van der Waals surface area contributed by atoms with E-state index in [4.69, 9.17) is 0 Å². The Morgan fingerprint density at radius 1 is 1.60 bits per heavy atom. The van der Waals surface area contributed by atoms with Crippen LogP contribution in [0.5, 0.6) is 0 Å². The maximum Gasteiger partial charge on any atom is 0.191 e. The molecule has 0 aromatic rings. The summed E-state index contributed by atoms with van der Waals surface area (Å²) in [4.78, 5) is 6.36. The van der Waals surface area contributed by atoms with E-state index in [1.165, 1.54) is 0 Å². The van der Waals surface area contributed by atoms with Crippen LogP contribution in [0.2, 0.25) is 0 Å². The molecule has 0 bridgehead atoms. The first-order valence-corrected chi connectivity index (χ1v) is 5.29. The molecule has 1 aliphatic heterocycles. The molecule has 1 heterocycles. The van der Waals surface area contributed by atoms with Crippen LogP contribution in [0, 0.1) is 0 Å². The van der Waals surface area contributed by atoms with Gasteiger partial charge in [-0.3, -0.25) is 4.99 Å². The molecular weight excluding hydrogens is 192 g/mol. The number of nitrogens with zero attached hydrogens (tertiary/aromatic N) is 2. The Bertz CT molecular complexity index is 238. The van der Waals surface area contributed by atoms with Gasteiger partial charge in [0, 0.05) is 18.6 Å². The number of β-amino-alcohol motifs (C(OH)–C–C–N with tert-alkyl or cyclic N) is 1. The largest absolute Gasteiger partial charge is 0.389 e. The second-order valence-electron chi connectivity index (χ2n) is 4.78. The average Bonchev–Trinajstić information content (AvgIpc) is 2.17. The number of nitrogens with one attached hydrogen (secondary N) is 2. The SMILES string of the molecule is CN(C)C(C)(C)CNC1=NC[C@@H](O)CN1. The van der Waals surface area contributed by atoms with Crippen molar-refractivity contribution in [1.29, 1.82) is 0 Å². The van der Waals surface area contributed by atoms with E-state index in [1.807, 2.05) is 0 Å². The van der Waals surface area contributed by atoms with Gasteiger partial charge in [-0.1, -0.05) is 0 Å². The highest BCUT2D eigenvalue weighted by Crippen LogP contribution is 2.07.